The Bertz CT molecular complexity index is 1100. The average Bonchev–Trinajstić information content (AvgIpc) is 3.12. The van der Waals surface area contributed by atoms with Gasteiger partial charge in [0.1, 0.15) is 5.58 Å². The molecule has 4 rings (SSSR count). The molecular weight excluding hydrogens is 376 g/mol. The van der Waals surface area contributed by atoms with Gasteiger partial charge in [0.25, 0.3) is 5.91 Å². The zero-order valence-electron chi connectivity index (χ0n) is 15.0. The molecule has 0 aliphatic heterocycles. The maximum atomic E-state index is 12.9. The summed E-state index contributed by atoms with van der Waals surface area (Å²) in [6, 6.07) is 12.7. The van der Waals surface area contributed by atoms with Gasteiger partial charge in [-0.3, -0.25) is 4.79 Å². The van der Waals surface area contributed by atoms with Gasteiger partial charge in [0.2, 0.25) is 5.88 Å². The second-order valence-electron chi connectivity index (χ2n) is 5.77. The van der Waals surface area contributed by atoms with Crippen molar-refractivity contribution < 1.29 is 13.9 Å². The highest BCUT2D eigenvalue weighted by Crippen LogP contribution is 2.31. The van der Waals surface area contributed by atoms with Gasteiger partial charge in [0, 0.05) is 35.2 Å². The first-order chi connectivity index (χ1) is 13.7. The minimum absolute atomic E-state index is 0.264. The van der Waals surface area contributed by atoms with Crippen LogP contribution in [0.3, 0.4) is 0 Å². The average molecular weight is 392 g/mol. The molecule has 0 atom stereocenters. The molecule has 0 aliphatic carbocycles. The second-order valence-corrected chi connectivity index (χ2v) is 6.71. The number of benzene rings is 1. The fourth-order valence-electron chi connectivity index (χ4n) is 2.69. The van der Waals surface area contributed by atoms with Crippen molar-refractivity contribution in [3.05, 3.63) is 72.4 Å². The largest absolute Gasteiger partial charge is 0.481 e. The van der Waals surface area contributed by atoms with Gasteiger partial charge in [-0.2, -0.15) is 0 Å². The molecule has 1 N–H and O–H groups in total. The van der Waals surface area contributed by atoms with E-state index in [1.54, 1.807) is 30.6 Å². The lowest BCUT2D eigenvalue weighted by Crippen LogP contribution is -2.13. The Morgan fingerprint density at radius 1 is 1.11 bits per heavy atom. The Labute approximate surface area is 165 Å². The van der Waals surface area contributed by atoms with Gasteiger partial charge >= 0.3 is 0 Å². The molecule has 0 saturated heterocycles. The Morgan fingerprint density at radius 2 is 1.93 bits per heavy atom. The Balaban J connectivity index is 1.62. The number of nitrogens with zero attached hydrogens (tertiary/aromatic N) is 3. The van der Waals surface area contributed by atoms with Crippen molar-refractivity contribution in [3.63, 3.8) is 0 Å². The number of para-hydroxylation sites is 1. The third-order valence-corrected chi connectivity index (χ3v) is 4.90. The van der Waals surface area contributed by atoms with Gasteiger partial charge in [-0.1, -0.05) is 30.0 Å². The number of amides is 1. The lowest BCUT2D eigenvalue weighted by molar-refractivity contribution is 0.0997. The number of methoxy groups -OCH3 is 1. The van der Waals surface area contributed by atoms with Crippen LogP contribution < -0.4 is 10.1 Å². The van der Waals surface area contributed by atoms with Gasteiger partial charge < -0.3 is 14.5 Å². The molecule has 0 spiro atoms. The monoisotopic (exact) mass is 392 g/mol. The molecule has 3 aromatic heterocycles. The number of hydrogen-bond acceptors (Lipinski definition) is 7. The molecule has 140 valence electrons. The molecule has 7 nitrogen and oxygen atoms in total. The van der Waals surface area contributed by atoms with E-state index in [-0.39, 0.29) is 11.7 Å². The summed E-state index contributed by atoms with van der Waals surface area (Å²) in [7, 11) is 1.54. The minimum atomic E-state index is -0.340. The van der Waals surface area contributed by atoms with Crippen molar-refractivity contribution in [2.24, 2.45) is 0 Å². The van der Waals surface area contributed by atoms with Crippen molar-refractivity contribution in [2.75, 3.05) is 12.4 Å². The molecule has 4 aromatic rings. The van der Waals surface area contributed by atoms with Crippen molar-refractivity contribution in [2.45, 2.75) is 10.9 Å². The highest BCUT2D eigenvalue weighted by molar-refractivity contribution is 7.98. The van der Waals surface area contributed by atoms with Crippen LogP contribution in [0.2, 0.25) is 0 Å². The van der Waals surface area contributed by atoms with Crippen LogP contribution in [0.15, 0.2) is 70.6 Å². The molecule has 3 heterocycles. The fourth-order valence-corrected chi connectivity index (χ4v) is 3.52. The normalized spacial score (nSPS) is 10.8. The van der Waals surface area contributed by atoms with E-state index < -0.39 is 0 Å². The van der Waals surface area contributed by atoms with Crippen LogP contribution in [0.25, 0.3) is 11.0 Å². The number of anilines is 1. The van der Waals surface area contributed by atoms with Gasteiger partial charge in [0.15, 0.2) is 10.9 Å². The Hall–Kier alpha value is -3.39. The molecular formula is C20H16N4O3S. The predicted octanol–water partition coefficient (Wildman–Crippen LogP) is 4.17. The van der Waals surface area contributed by atoms with Gasteiger partial charge in [-0.25, -0.2) is 15.0 Å². The molecule has 1 amide bonds. The topological polar surface area (TPSA) is 90.1 Å². The summed E-state index contributed by atoms with van der Waals surface area (Å²) >= 11 is 1.44. The lowest BCUT2D eigenvalue weighted by atomic mass is 10.1. The number of ether oxygens (including phenoxy) is 1. The van der Waals surface area contributed by atoms with E-state index in [2.05, 4.69) is 20.3 Å². The van der Waals surface area contributed by atoms with E-state index in [1.807, 2.05) is 24.3 Å². The number of nitrogens with one attached hydrogen (secondary N) is 1. The van der Waals surface area contributed by atoms with Crippen LogP contribution in [-0.2, 0) is 5.75 Å². The molecule has 28 heavy (non-hydrogen) atoms. The number of carbonyl (C=O) groups is 1. The number of fused-ring (bicyclic) bond motifs is 1. The van der Waals surface area contributed by atoms with Gasteiger partial charge in [-0.15, -0.1) is 0 Å². The summed E-state index contributed by atoms with van der Waals surface area (Å²) in [6.45, 7) is 0. The molecule has 1 aromatic carbocycles. The Kier molecular flexibility index (Phi) is 5.20. The summed E-state index contributed by atoms with van der Waals surface area (Å²) in [5.41, 5.74) is 2.01. The summed E-state index contributed by atoms with van der Waals surface area (Å²) in [4.78, 5) is 25.4. The first kappa shape index (κ1) is 18.0. The van der Waals surface area contributed by atoms with Crippen molar-refractivity contribution >= 4 is 34.3 Å². The fraction of sp³-hybridized carbons (Fsp3) is 0.100. The van der Waals surface area contributed by atoms with Crippen LogP contribution in [-0.4, -0.2) is 28.0 Å². The Morgan fingerprint density at radius 3 is 2.68 bits per heavy atom. The van der Waals surface area contributed by atoms with Crippen molar-refractivity contribution in [3.8, 4) is 5.88 Å². The molecule has 0 radical (unpaired) electrons. The van der Waals surface area contributed by atoms with Crippen LogP contribution in [0, 0.1) is 0 Å². The number of aromatic nitrogens is 3. The van der Waals surface area contributed by atoms with Crippen LogP contribution in [0.5, 0.6) is 5.88 Å². The third kappa shape index (κ3) is 3.81. The highest BCUT2D eigenvalue weighted by atomic mass is 32.2. The van der Waals surface area contributed by atoms with E-state index >= 15 is 0 Å². The highest BCUT2D eigenvalue weighted by Gasteiger charge is 2.21. The van der Waals surface area contributed by atoms with E-state index in [0.29, 0.717) is 28.1 Å². The number of thioether (sulfide) groups is 1. The molecule has 0 bridgehead atoms. The molecule has 8 heteroatoms. The van der Waals surface area contributed by atoms with Crippen LogP contribution >= 0.6 is 11.8 Å². The number of rotatable bonds is 6. The smallest absolute Gasteiger partial charge is 0.291 e. The summed E-state index contributed by atoms with van der Waals surface area (Å²) in [6.07, 6.45) is 4.91. The third-order valence-electron chi connectivity index (χ3n) is 4.00. The van der Waals surface area contributed by atoms with E-state index in [0.717, 1.165) is 10.9 Å². The first-order valence-corrected chi connectivity index (χ1v) is 9.45. The summed E-state index contributed by atoms with van der Waals surface area (Å²) < 4.78 is 10.9. The second kappa shape index (κ2) is 8.10. The van der Waals surface area contributed by atoms with Gasteiger partial charge in [-0.05, 0) is 18.2 Å². The number of hydrogen-bond donors (Lipinski definition) is 1. The summed E-state index contributed by atoms with van der Waals surface area (Å²) in [5.74, 6) is 0.903. The maximum absolute atomic E-state index is 12.9. The van der Waals surface area contributed by atoms with Crippen LogP contribution in [0.1, 0.15) is 16.1 Å². The quantitative estimate of drug-likeness (QED) is 0.389. The maximum Gasteiger partial charge on any atom is 0.291 e. The summed E-state index contributed by atoms with van der Waals surface area (Å²) in [5, 5.41) is 4.35. The predicted molar refractivity (Wildman–Crippen MR) is 107 cm³/mol. The SMILES string of the molecule is COc1ccc(NC(=O)c2oc3ccccc3c2CSc2ncccn2)cn1. The van der Waals surface area contributed by atoms with E-state index in [4.69, 9.17) is 9.15 Å². The zero-order chi connectivity index (χ0) is 19.3. The van der Waals surface area contributed by atoms with Crippen molar-refractivity contribution in [1.29, 1.82) is 0 Å². The van der Waals surface area contributed by atoms with Crippen LogP contribution in [0.4, 0.5) is 5.69 Å². The molecule has 0 unspecified atom stereocenters. The number of carbonyl (C=O) groups excluding carboxylic acids is 1. The van der Waals surface area contributed by atoms with E-state index in [1.165, 1.54) is 25.1 Å². The minimum Gasteiger partial charge on any atom is -0.481 e. The zero-order valence-corrected chi connectivity index (χ0v) is 15.8. The van der Waals surface area contributed by atoms with E-state index in [9.17, 15) is 4.79 Å². The number of pyridine rings is 1. The van der Waals surface area contributed by atoms with Gasteiger partial charge in [0.05, 0.1) is 19.0 Å². The standard InChI is InChI=1S/C20H16N4O3S/c1-26-17-8-7-13(11-23-17)24-19(25)18-15(12-28-20-21-9-4-10-22-20)14-5-2-3-6-16(14)27-18/h2-11H,12H2,1H3,(H,24,25). The molecule has 0 aliphatic rings. The lowest BCUT2D eigenvalue weighted by Gasteiger charge is -2.06. The molecule has 0 saturated carbocycles. The first-order valence-electron chi connectivity index (χ1n) is 8.46. The van der Waals surface area contributed by atoms with Crippen molar-refractivity contribution in [1.82, 2.24) is 15.0 Å². The number of furan rings is 1. The molecule has 0 fully saturated rings.